The molecule has 0 unspecified atom stereocenters. The Balaban J connectivity index is 1.95. The van der Waals surface area contributed by atoms with Gasteiger partial charge in [-0.2, -0.15) is 0 Å². The van der Waals surface area contributed by atoms with Crippen molar-refractivity contribution in [2.45, 2.75) is 44.8 Å². The molecule has 0 saturated carbocycles. The van der Waals surface area contributed by atoms with Gasteiger partial charge >= 0.3 is 0 Å². The van der Waals surface area contributed by atoms with Crippen LogP contribution >= 0.6 is 12.2 Å². The summed E-state index contributed by atoms with van der Waals surface area (Å²) in [6.07, 6.45) is 1.73. The number of amides is 1. The number of carbonyl (C=O) groups excluding carboxylic acids is 1. The number of hydrogen-bond donors (Lipinski definition) is 0. The van der Waals surface area contributed by atoms with Gasteiger partial charge in [-0.25, -0.2) is 0 Å². The first-order valence-electron chi connectivity index (χ1n) is 9.03. The molecule has 3 rings (SSSR count). The Morgan fingerprint density at radius 2 is 1.74 bits per heavy atom. The molecule has 1 aliphatic heterocycles. The minimum Gasteiger partial charge on any atom is -0.457 e. The topological polar surface area (TPSA) is 29.5 Å². The van der Waals surface area contributed by atoms with E-state index < -0.39 is 5.60 Å². The van der Waals surface area contributed by atoms with Crippen LogP contribution in [0.4, 0.5) is 0 Å². The molecule has 1 amide bonds. The Morgan fingerprint density at radius 1 is 1.15 bits per heavy atom. The third kappa shape index (κ3) is 3.42. The van der Waals surface area contributed by atoms with Crippen LogP contribution in [-0.4, -0.2) is 22.0 Å². The molecule has 0 N–H and O–H groups in total. The van der Waals surface area contributed by atoms with E-state index in [0.29, 0.717) is 5.56 Å². The van der Waals surface area contributed by atoms with Crippen LogP contribution in [0.25, 0.3) is 0 Å². The van der Waals surface area contributed by atoms with Crippen molar-refractivity contribution in [1.82, 2.24) is 4.90 Å². The summed E-state index contributed by atoms with van der Waals surface area (Å²) in [6.45, 7) is 12.3. The maximum atomic E-state index is 13.2. The van der Waals surface area contributed by atoms with Gasteiger partial charge in [-0.1, -0.05) is 69.3 Å². The second kappa shape index (κ2) is 6.93. The minimum absolute atomic E-state index is 0.0309. The molecule has 1 heterocycles. The summed E-state index contributed by atoms with van der Waals surface area (Å²) in [5.41, 5.74) is 1.98. The van der Waals surface area contributed by atoms with Gasteiger partial charge in [0.2, 0.25) is 0 Å². The van der Waals surface area contributed by atoms with E-state index in [1.165, 1.54) is 10.5 Å². The first-order valence-corrected chi connectivity index (χ1v) is 9.44. The van der Waals surface area contributed by atoms with Crippen LogP contribution in [0, 0.1) is 0 Å². The van der Waals surface area contributed by atoms with Crippen molar-refractivity contribution in [3.8, 4) is 0 Å². The highest BCUT2D eigenvalue weighted by molar-refractivity contribution is 7.80. The number of benzene rings is 2. The smallest absolute Gasteiger partial charge is 0.268 e. The lowest BCUT2D eigenvalue weighted by Crippen LogP contribution is -2.43. The monoisotopic (exact) mass is 379 g/mol. The number of nitrogens with zero attached hydrogens (tertiary/aromatic N) is 1. The number of hydrogen-bond acceptors (Lipinski definition) is 3. The zero-order valence-corrected chi connectivity index (χ0v) is 17.0. The lowest BCUT2D eigenvalue weighted by molar-refractivity contribution is 0.0718. The van der Waals surface area contributed by atoms with Gasteiger partial charge in [0.05, 0.1) is 0 Å². The molecule has 140 valence electrons. The molecule has 2 atom stereocenters. The molecular weight excluding hydrogens is 354 g/mol. The fourth-order valence-corrected chi connectivity index (χ4v) is 3.81. The maximum Gasteiger partial charge on any atom is 0.268 e. The van der Waals surface area contributed by atoms with E-state index >= 15 is 0 Å². The van der Waals surface area contributed by atoms with Gasteiger partial charge in [-0.15, -0.1) is 6.58 Å². The molecule has 0 spiro atoms. The summed E-state index contributed by atoms with van der Waals surface area (Å²) in [7, 11) is 0. The zero-order valence-electron chi connectivity index (χ0n) is 16.2. The predicted molar refractivity (Wildman–Crippen MR) is 113 cm³/mol. The third-order valence-electron chi connectivity index (χ3n) is 5.13. The third-order valence-corrected chi connectivity index (χ3v) is 5.41. The molecule has 1 saturated heterocycles. The molecule has 0 aliphatic carbocycles. The van der Waals surface area contributed by atoms with Gasteiger partial charge in [0, 0.05) is 5.56 Å². The molecule has 1 fully saturated rings. The zero-order chi connectivity index (χ0) is 19.8. The van der Waals surface area contributed by atoms with Crippen molar-refractivity contribution in [1.29, 1.82) is 0 Å². The van der Waals surface area contributed by atoms with E-state index in [0.717, 1.165) is 5.56 Å². The summed E-state index contributed by atoms with van der Waals surface area (Å²) in [5, 5.41) is 0.177. The molecule has 2 aromatic rings. The predicted octanol–water partition coefficient (Wildman–Crippen LogP) is 5.21. The Hall–Kier alpha value is -2.46. The molecule has 3 nitrogen and oxygen atoms in total. The molecule has 2 aromatic carbocycles. The quantitative estimate of drug-likeness (QED) is 0.541. The van der Waals surface area contributed by atoms with Crippen molar-refractivity contribution < 1.29 is 9.53 Å². The SMILES string of the molecule is C=C[C@H]1N(C(=O)c2ccc(C(C)(C)C)cc2)C(=S)O[C@]1(C)c1ccccc1. The highest BCUT2D eigenvalue weighted by atomic mass is 32.1. The van der Waals surface area contributed by atoms with Gasteiger partial charge < -0.3 is 4.74 Å². The fraction of sp³-hybridized carbons (Fsp3) is 0.304. The molecule has 0 bridgehead atoms. The molecular formula is C23H25NO2S. The van der Waals surface area contributed by atoms with Crippen molar-refractivity contribution in [2.75, 3.05) is 0 Å². The summed E-state index contributed by atoms with van der Waals surface area (Å²) in [5.74, 6) is -0.176. The Bertz CT molecular complexity index is 868. The van der Waals surface area contributed by atoms with Crippen molar-refractivity contribution in [3.05, 3.63) is 83.9 Å². The van der Waals surface area contributed by atoms with Gasteiger partial charge in [-0.05, 0) is 47.8 Å². The Labute approximate surface area is 166 Å². The maximum absolute atomic E-state index is 13.2. The van der Waals surface area contributed by atoms with Crippen LogP contribution in [0.5, 0.6) is 0 Å². The van der Waals surface area contributed by atoms with Crippen LogP contribution in [-0.2, 0) is 15.8 Å². The van der Waals surface area contributed by atoms with Crippen LogP contribution < -0.4 is 0 Å². The largest absolute Gasteiger partial charge is 0.457 e. The van der Waals surface area contributed by atoms with E-state index in [1.54, 1.807) is 6.08 Å². The van der Waals surface area contributed by atoms with Gasteiger partial charge in [0.25, 0.3) is 11.1 Å². The second-order valence-electron chi connectivity index (χ2n) is 8.02. The number of ether oxygens (including phenoxy) is 1. The number of carbonyl (C=O) groups is 1. The van der Waals surface area contributed by atoms with E-state index in [2.05, 4.69) is 27.4 Å². The van der Waals surface area contributed by atoms with Crippen LogP contribution in [0.3, 0.4) is 0 Å². The number of thiocarbonyl (C=S) groups is 1. The highest BCUT2D eigenvalue weighted by Gasteiger charge is 2.51. The average molecular weight is 380 g/mol. The summed E-state index contributed by atoms with van der Waals surface area (Å²) in [6, 6.07) is 17.1. The van der Waals surface area contributed by atoms with Gasteiger partial charge in [0.1, 0.15) is 6.04 Å². The standard InChI is InChI=1S/C23H25NO2S/c1-6-19-23(5,18-10-8-7-9-11-18)26-21(27)24(19)20(25)16-12-14-17(15-13-16)22(2,3)4/h6-15,19H,1H2,2-5H3/t19-,23-/m1/s1. The molecule has 0 radical (unpaired) electrons. The van der Waals surface area contributed by atoms with Crippen molar-refractivity contribution >= 4 is 23.3 Å². The fourth-order valence-electron chi connectivity index (χ4n) is 3.44. The van der Waals surface area contributed by atoms with E-state index in [-0.39, 0.29) is 22.5 Å². The van der Waals surface area contributed by atoms with Gasteiger partial charge in [0.15, 0.2) is 5.60 Å². The van der Waals surface area contributed by atoms with E-state index in [9.17, 15) is 4.79 Å². The first-order chi connectivity index (χ1) is 12.7. The molecule has 27 heavy (non-hydrogen) atoms. The highest BCUT2D eigenvalue weighted by Crippen LogP contribution is 2.40. The number of rotatable bonds is 3. The van der Waals surface area contributed by atoms with Crippen LogP contribution in [0.15, 0.2) is 67.3 Å². The average Bonchev–Trinajstić information content (AvgIpc) is 2.92. The minimum atomic E-state index is -0.763. The molecule has 0 aromatic heterocycles. The van der Waals surface area contributed by atoms with Crippen LogP contribution in [0.1, 0.15) is 49.2 Å². The summed E-state index contributed by atoms with van der Waals surface area (Å²) in [4.78, 5) is 14.7. The van der Waals surface area contributed by atoms with E-state index in [1.807, 2.05) is 61.5 Å². The molecule has 1 aliphatic rings. The van der Waals surface area contributed by atoms with Crippen molar-refractivity contribution in [3.63, 3.8) is 0 Å². The van der Waals surface area contributed by atoms with Gasteiger partial charge in [-0.3, -0.25) is 9.69 Å². The lowest BCUT2D eigenvalue weighted by Gasteiger charge is -2.29. The molecule has 4 heteroatoms. The van der Waals surface area contributed by atoms with E-state index in [4.69, 9.17) is 17.0 Å². The first kappa shape index (κ1) is 19.3. The summed E-state index contributed by atoms with van der Waals surface area (Å²) >= 11 is 5.43. The van der Waals surface area contributed by atoms with Crippen molar-refractivity contribution in [2.24, 2.45) is 0 Å². The van der Waals surface area contributed by atoms with Crippen LogP contribution in [0.2, 0.25) is 0 Å². The summed E-state index contributed by atoms with van der Waals surface area (Å²) < 4.78 is 6.04. The lowest BCUT2D eigenvalue weighted by atomic mass is 9.86. The Morgan fingerprint density at radius 3 is 2.26 bits per heavy atom. The Kier molecular flexibility index (Phi) is 4.96. The second-order valence-corrected chi connectivity index (χ2v) is 8.37. The normalized spacial score (nSPS) is 22.4.